The van der Waals surface area contributed by atoms with E-state index >= 15 is 0 Å². The van der Waals surface area contributed by atoms with Crippen molar-refractivity contribution in [3.8, 4) is 11.1 Å². The molecule has 19 heavy (non-hydrogen) atoms. The lowest BCUT2D eigenvalue weighted by Gasteiger charge is -2.00. The summed E-state index contributed by atoms with van der Waals surface area (Å²) < 4.78 is 1.61. The van der Waals surface area contributed by atoms with Crippen LogP contribution < -0.4 is 0 Å². The molecule has 0 aliphatic rings. The van der Waals surface area contributed by atoms with Crippen molar-refractivity contribution >= 4 is 16.7 Å². The molecule has 5 heteroatoms. The van der Waals surface area contributed by atoms with Gasteiger partial charge in [0.2, 0.25) is 0 Å². The number of fused-ring (bicyclic) bond motifs is 1. The van der Waals surface area contributed by atoms with Gasteiger partial charge < -0.3 is 10.1 Å². The molecule has 0 radical (unpaired) electrons. The Bertz CT molecular complexity index is 763. The zero-order chi connectivity index (χ0) is 13.4. The van der Waals surface area contributed by atoms with Gasteiger partial charge in [-0.1, -0.05) is 18.2 Å². The van der Waals surface area contributed by atoms with Gasteiger partial charge in [0.25, 0.3) is 0 Å². The van der Waals surface area contributed by atoms with Crippen molar-refractivity contribution in [1.29, 1.82) is 0 Å². The molecule has 0 aliphatic carbocycles. The largest absolute Gasteiger partial charge is 0.358 e. The maximum Gasteiger partial charge on any atom is 0.331 e. The molecule has 0 N–H and O–H groups in total. The topological polar surface area (TPSA) is 61.0 Å². The second-order valence-electron chi connectivity index (χ2n) is 4.27. The van der Waals surface area contributed by atoms with Crippen LogP contribution in [0.2, 0.25) is 0 Å². The minimum Gasteiger partial charge on any atom is -0.358 e. The Morgan fingerprint density at radius 1 is 1.21 bits per heavy atom. The second-order valence-corrected chi connectivity index (χ2v) is 4.27. The summed E-state index contributed by atoms with van der Waals surface area (Å²) in [7, 11) is 1.71. The molecule has 0 spiro atoms. The molecule has 3 rings (SSSR count). The Labute approximate surface area is 109 Å². The maximum absolute atomic E-state index is 11.3. The summed E-state index contributed by atoms with van der Waals surface area (Å²) in [4.78, 5) is 15.1. The fraction of sp³-hybridized carbons (Fsp3) is 0.0714. The Morgan fingerprint density at radius 3 is 2.68 bits per heavy atom. The number of hydrogen-bond donors (Lipinski definition) is 0. The molecule has 94 valence electrons. The van der Waals surface area contributed by atoms with Gasteiger partial charge in [0.05, 0.1) is 12.6 Å². The van der Waals surface area contributed by atoms with Crippen LogP contribution in [0.25, 0.3) is 22.0 Å². The van der Waals surface area contributed by atoms with Crippen LogP contribution in [0.1, 0.15) is 0 Å². The minimum atomic E-state index is -0.345. The van der Waals surface area contributed by atoms with Crippen molar-refractivity contribution in [3.63, 3.8) is 0 Å². The van der Waals surface area contributed by atoms with Gasteiger partial charge in [-0.3, -0.25) is 4.98 Å². The summed E-state index contributed by atoms with van der Waals surface area (Å²) in [5.41, 5.74) is 2.22. The molecule has 0 aliphatic heterocycles. The van der Waals surface area contributed by atoms with Crippen molar-refractivity contribution in [3.05, 3.63) is 58.9 Å². The zero-order valence-electron chi connectivity index (χ0n) is 10.3. The molecule has 5 nitrogen and oxygen atoms in total. The Kier molecular flexibility index (Phi) is 2.52. The van der Waals surface area contributed by atoms with Gasteiger partial charge in [-0.25, -0.2) is 4.57 Å². The van der Waals surface area contributed by atoms with E-state index < -0.39 is 0 Å². The van der Waals surface area contributed by atoms with Gasteiger partial charge >= 0.3 is 5.82 Å². The zero-order valence-corrected chi connectivity index (χ0v) is 10.3. The number of rotatable bonds is 2. The average Bonchev–Trinajstić information content (AvgIpc) is 2.74. The van der Waals surface area contributed by atoms with Crippen LogP contribution in [0, 0.1) is 10.1 Å². The summed E-state index contributed by atoms with van der Waals surface area (Å²) in [6.45, 7) is 0. The van der Waals surface area contributed by atoms with E-state index in [1.54, 1.807) is 30.1 Å². The van der Waals surface area contributed by atoms with Crippen molar-refractivity contribution in [2.45, 2.75) is 0 Å². The van der Waals surface area contributed by atoms with Crippen LogP contribution in [-0.2, 0) is 7.05 Å². The number of hydrogen-bond acceptors (Lipinski definition) is 3. The van der Waals surface area contributed by atoms with Gasteiger partial charge in [-0.2, -0.15) is 0 Å². The summed E-state index contributed by atoms with van der Waals surface area (Å²) in [5.74, 6) is 0.0919. The highest BCUT2D eigenvalue weighted by molar-refractivity contribution is 6.01. The smallest absolute Gasteiger partial charge is 0.331 e. The highest BCUT2D eigenvalue weighted by Gasteiger charge is 2.25. The lowest BCUT2D eigenvalue weighted by atomic mass is 10.1. The summed E-state index contributed by atoms with van der Waals surface area (Å²) in [6.07, 6.45) is 3.30. The molecule has 0 saturated carbocycles. The summed E-state index contributed by atoms with van der Waals surface area (Å²) in [5, 5.41) is 12.2. The first kappa shape index (κ1) is 11.4. The van der Waals surface area contributed by atoms with E-state index in [0.29, 0.717) is 5.56 Å². The number of aryl methyl sites for hydroxylation is 1. The van der Waals surface area contributed by atoms with Crippen LogP contribution in [0.3, 0.4) is 0 Å². The normalized spacial score (nSPS) is 10.8. The predicted molar refractivity (Wildman–Crippen MR) is 72.8 cm³/mol. The molecule has 3 aromatic rings. The molecule has 0 saturated heterocycles. The summed E-state index contributed by atoms with van der Waals surface area (Å²) >= 11 is 0. The number of nitrogens with zero attached hydrogens (tertiary/aromatic N) is 3. The van der Waals surface area contributed by atoms with E-state index in [9.17, 15) is 10.1 Å². The lowest BCUT2D eigenvalue weighted by molar-refractivity contribution is -0.390. The fourth-order valence-corrected chi connectivity index (χ4v) is 2.39. The molecule has 0 atom stereocenters. The van der Waals surface area contributed by atoms with Gasteiger partial charge in [0.1, 0.15) is 5.52 Å². The summed E-state index contributed by atoms with van der Waals surface area (Å²) in [6, 6.07) is 11.1. The van der Waals surface area contributed by atoms with Crippen molar-refractivity contribution in [2.75, 3.05) is 0 Å². The molecule has 0 fully saturated rings. The van der Waals surface area contributed by atoms with Gasteiger partial charge in [-0.05, 0) is 23.1 Å². The minimum absolute atomic E-state index is 0.0919. The van der Waals surface area contributed by atoms with E-state index in [-0.39, 0.29) is 10.7 Å². The molecular formula is C14H11N3O2. The quantitative estimate of drug-likeness (QED) is 0.520. The van der Waals surface area contributed by atoms with Crippen molar-refractivity contribution in [2.24, 2.45) is 7.05 Å². The van der Waals surface area contributed by atoms with Crippen LogP contribution in [0.15, 0.2) is 48.8 Å². The van der Waals surface area contributed by atoms with E-state index in [0.717, 1.165) is 16.5 Å². The first-order valence-corrected chi connectivity index (χ1v) is 5.82. The molecular weight excluding hydrogens is 242 g/mol. The van der Waals surface area contributed by atoms with Gasteiger partial charge in [0.15, 0.2) is 0 Å². The number of aromatic nitrogens is 2. The SMILES string of the molecule is Cn1c([N+](=O)[O-])c(-c2cccnc2)c2ccccc21. The highest BCUT2D eigenvalue weighted by atomic mass is 16.6. The van der Waals surface area contributed by atoms with Crippen LogP contribution >= 0.6 is 0 Å². The first-order valence-electron chi connectivity index (χ1n) is 5.82. The van der Waals surface area contributed by atoms with E-state index in [1.807, 2.05) is 30.3 Å². The fourth-order valence-electron chi connectivity index (χ4n) is 2.39. The van der Waals surface area contributed by atoms with E-state index in [4.69, 9.17) is 0 Å². The van der Waals surface area contributed by atoms with Gasteiger partial charge in [-0.15, -0.1) is 0 Å². The van der Waals surface area contributed by atoms with Crippen molar-refractivity contribution in [1.82, 2.24) is 9.55 Å². The van der Waals surface area contributed by atoms with Crippen LogP contribution in [-0.4, -0.2) is 14.5 Å². The third-order valence-electron chi connectivity index (χ3n) is 3.20. The molecule has 2 heterocycles. The predicted octanol–water partition coefficient (Wildman–Crippen LogP) is 3.15. The molecule has 0 bridgehead atoms. The molecule has 1 aromatic carbocycles. The van der Waals surface area contributed by atoms with E-state index in [2.05, 4.69) is 4.98 Å². The van der Waals surface area contributed by atoms with Crippen LogP contribution in [0.4, 0.5) is 5.82 Å². The number of pyridine rings is 1. The maximum atomic E-state index is 11.3. The Hall–Kier alpha value is -2.69. The Balaban J connectivity index is 2.46. The Morgan fingerprint density at radius 2 is 2.00 bits per heavy atom. The first-order chi connectivity index (χ1) is 9.20. The molecule has 0 unspecified atom stereocenters. The third kappa shape index (κ3) is 1.67. The number of para-hydroxylation sites is 1. The second kappa shape index (κ2) is 4.20. The van der Waals surface area contributed by atoms with Crippen LogP contribution in [0.5, 0.6) is 0 Å². The van der Waals surface area contributed by atoms with E-state index in [1.165, 1.54) is 0 Å². The highest BCUT2D eigenvalue weighted by Crippen LogP contribution is 2.38. The average molecular weight is 253 g/mol. The monoisotopic (exact) mass is 253 g/mol. The third-order valence-corrected chi connectivity index (χ3v) is 3.20. The molecule has 2 aromatic heterocycles. The van der Waals surface area contributed by atoms with Crippen molar-refractivity contribution < 1.29 is 4.92 Å². The molecule has 0 amide bonds. The number of benzene rings is 1. The standard InChI is InChI=1S/C14H11N3O2/c1-16-12-7-3-2-6-11(12)13(14(16)17(18)19)10-5-4-8-15-9-10/h2-9H,1H3. The number of nitro groups is 1. The van der Waals surface area contributed by atoms with Gasteiger partial charge in [0, 0.05) is 23.3 Å². The lowest BCUT2D eigenvalue weighted by Crippen LogP contribution is -1.98.